The lowest BCUT2D eigenvalue weighted by Gasteiger charge is -2.36. The molecule has 0 bridgehead atoms. The molecule has 0 nitrogen and oxygen atoms in total. The SMILES string of the molecule is CC(C)c1ccc2c(c1)C(C)(C)c1ccc3c4c(ccc-2c14)-c1ccccc1-3. The van der Waals surface area contributed by atoms with Crippen molar-refractivity contribution >= 4 is 10.8 Å². The van der Waals surface area contributed by atoms with Crippen molar-refractivity contribution in [2.45, 2.75) is 39.0 Å². The molecule has 0 amide bonds. The van der Waals surface area contributed by atoms with E-state index in [0.717, 1.165) is 0 Å². The molecular formula is C28H24. The summed E-state index contributed by atoms with van der Waals surface area (Å²) in [5, 5.41) is 2.91. The highest BCUT2D eigenvalue weighted by Gasteiger charge is 2.36. The van der Waals surface area contributed by atoms with Crippen molar-refractivity contribution < 1.29 is 0 Å². The van der Waals surface area contributed by atoms with Gasteiger partial charge in [-0.3, -0.25) is 0 Å². The van der Waals surface area contributed by atoms with Crippen LogP contribution < -0.4 is 0 Å². The zero-order chi connectivity index (χ0) is 19.2. The van der Waals surface area contributed by atoms with Crippen LogP contribution >= 0.6 is 0 Å². The van der Waals surface area contributed by atoms with Crippen LogP contribution in [0.5, 0.6) is 0 Å². The molecule has 0 unspecified atom stereocenters. The highest BCUT2D eigenvalue weighted by atomic mass is 14.4. The van der Waals surface area contributed by atoms with Gasteiger partial charge in [-0.25, -0.2) is 0 Å². The Morgan fingerprint density at radius 2 is 1.14 bits per heavy atom. The summed E-state index contributed by atoms with van der Waals surface area (Å²) >= 11 is 0. The molecule has 0 spiro atoms. The number of fused-ring (bicyclic) bond motifs is 5. The Kier molecular flexibility index (Phi) is 2.96. The third kappa shape index (κ3) is 1.81. The second-order valence-electron chi connectivity index (χ2n) is 9.20. The first-order valence-corrected chi connectivity index (χ1v) is 10.3. The van der Waals surface area contributed by atoms with Gasteiger partial charge < -0.3 is 0 Å². The Hall–Kier alpha value is -2.86. The minimum Gasteiger partial charge on any atom is -0.0616 e. The van der Waals surface area contributed by atoms with Gasteiger partial charge in [-0.05, 0) is 66.8 Å². The molecule has 0 heterocycles. The standard InChI is InChI=1S/C28H24/c1-16(2)17-9-10-20-23-12-11-21-18-7-5-6-8-19(18)22-13-14-24(27(23)26(21)22)28(3,4)25(20)15-17/h5-16H,1-4H3. The van der Waals surface area contributed by atoms with Crippen molar-refractivity contribution in [2.75, 3.05) is 0 Å². The van der Waals surface area contributed by atoms with Crippen LogP contribution in [0.3, 0.4) is 0 Å². The minimum absolute atomic E-state index is 0.000832. The second kappa shape index (κ2) is 5.14. The van der Waals surface area contributed by atoms with E-state index in [1.54, 1.807) is 0 Å². The third-order valence-electron chi connectivity index (χ3n) is 7.02. The smallest absolute Gasteiger partial charge is 0.0159 e. The summed E-state index contributed by atoms with van der Waals surface area (Å²) < 4.78 is 0. The van der Waals surface area contributed by atoms with Crippen molar-refractivity contribution in [2.24, 2.45) is 0 Å². The minimum atomic E-state index is -0.000832. The van der Waals surface area contributed by atoms with Crippen LogP contribution in [-0.4, -0.2) is 0 Å². The van der Waals surface area contributed by atoms with Gasteiger partial charge in [0, 0.05) is 5.41 Å². The van der Waals surface area contributed by atoms with Gasteiger partial charge in [-0.15, -0.1) is 0 Å². The van der Waals surface area contributed by atoms with Crippen molar-refractivity contribution in [3.05, 3.63) is 83.4 Å². The summed E-state index contributed by atoms with van der Waals surface area (Å²) in [6.45, 7) is 9.35. The summed E-state index contributed by atoms with van der Waals surface area (Å²) in [4.78, 5) is 0. The lowest BCUT2D eigenvalue weighted by atomic mass is 9.67. The van der Waals surface area contributed by atoms with Crippen molar-refractivity contribution in [1.29, 1.82) is 0 Å². The second-order valence-corrected chi connectivity index (χ2v) is 9.20. The van der Waals surface area contributed by atoms with Gasteiger partial charge >= 0.3 is 0 Å². The maximum Gasteiger partial charge on any atom is 0.0159 e. The molecular weight excluding hydrogens is 336 g/mol. The van der Waals surface area contributed by atoms with Gasteiger partial charge in [0.15, 0.2) is 0 Å². The van der Waals surface area contributed by atoms with E-state index >= 15 is 0 Å². The fourth-order valence-electron chi connectivity index (χ4n) is 5.46. The summed E-state index contributed by atoms with van der Waals surface area (Å²) in [5.74, 6) is 0.545. The molecule has 136 valence electrons. The number of rotatable bonds is 1. The first-order valence-electron chi connectivity index (χ1n) is 10.3. The number of hydrogen-bond donors (Lipinski definition) is 0. The van der Waals surface area contributed by atoms with Crippen molar-refractivity contribution in [3.8, 4) is 33.4 Å². The fourth-order valence-corrected chi connectivity index (χ4v) is 5.46. The predicted molar refractivity (Wildman–Crippen MR) is 120 cm³/mol. The zero-order valence-corrected chi connectivity index (χ0v) is 16.9. The molecule has 4 aromatic rings. The predicted octanol–water partition coefficient (Wildman–Crippen LogP) is 7.92. The van der Waals surface area contributed by atoms with Crippen LogP contribution in [0.1, 0.15) is 50.3 Å². The Morgan fingerprint density at radius 3 is 1.79 bits per heavy atom. The van der Waals surface area contributed by atoms with Gasteiger partial charge in [0.25, 0.3) is 0 Å². The number of benzene rings is 4. The third-order valence-corrected chi connectivity index (χ3v) is 7.02. The summed E-state index contributed by atoms with van der Waals surface area (Å²) in [5.41, 5.74) is 12.7. The largest absolute Gasteiger partial charge is 0.0616 e. The molecule has 0 aromatic heterocycles. The first-order chi connectivity index (χ1) is 13.5. The number of hydrogen-bond acceptors (Lipinski definition) is 0. The molecule has 0 N–H and O–H groups in total. The molecule has 28 heavy (non-hydrogen) atoms. The van der Waals surface area contributed by atoms with Gasteiger partial charge in [0.2, 0.25) is 0 Å². The molecule has 2 aliphatic carbocycles. The normalized spacial score (nSPS) is 15.0. The monoisotopic (exact) mass is 360 g/mol. The molecule has 0 heteroatoms. The lowest BCUT2D eigenvalue weighted by Crippen LogP contribution is -2.24. The van der Waals surface area contributed by atoms with E-state index in [2.05, 4.69) is 94.4 Å². The maximum absolute atomic E-state index is 2.45. The van der Waals surface area contributed by atoms with E-state index in [0.29, 0.717) is 5.92 Å². The summed E-state index contributed by atoms with van der Waals surface area (Å²) in [6, 6.07) is 25.4. The van der Waals surface area contributed by atoms with E-state index < -0.39 is 0 Å². The van der Waals surface area contributed by atoms with Crippen LogP contribution in [-0.2, 0) is 5.41 Å². The van der Waals surface area contributed by atoms with Crippen LogP contribution in [0.25, 0.3) is 44.2 Å². The Bertz CT molecular complexity index is 1270. The Balaban J connectivity index is 1.77. The van der Waals surface area contributed by atoms with Crippen LogP contribution in [0.4, 0.5) is 0 Å². The van der Waals surface area contributed by atoms with E-state index in [1.165, 1.54) is 60.8 Å². The molecule has 0 saturated heterocycles. The fraction of sp³-hybridized carbons (Fsp3) is 0.214. The maximum atomic E-state index is 2.45. The molecule has 0 aliphatic heterocycles. The molecule has 0 saturated carbocycles. The molecule has 0 fully saturated rings. The van der Waals surface area contributed by atoms with E-state index in [1.807, 2.05) is 0 Å². The van der Waals surface area contributed by atoms with Crippen molar-refractivity contribution in [1.82, 2.24) is 0 Å². The molecule has 6 rings (SSSR count). The Morgan fingerprint density at radius 1 is 0.571 bits per heavy atom. The van der Waals surface area contributed by atoms with E-state index in [9.17, 15) is 0 Å². The molecule has 4 aromatic carbocycles. The molecule has 2 aliphatic rings. The Labute approximate surface area is 166 Å². The molecule has 0 atom stereocenters. The average Bonchev–Trinajstić information content (AvgIpc) is 3.03. The van der Waals surface area contributed by atoms with Gasteiger partial charge in [-0.2, -0.15) is 0 Å². The van der Waals surface area contributed by atoms with E-state index in [4.69, 9.17) is 0 Å². The van der Waals surface area contributed by atoms with Gasteiger partial charge in [-0.1, -0.05) is 94.4 Å². The average molecular weight is 361 g/mol. The van der Waals surface area contributed by atoms with Gasteiger partial charge in [0.1, 0.15) is 0 Å². The summed E-state index contributed by atoms with van der Waals surface area (Å²) in [7, 11) is 0. The summed E-state index contributed by atoms with van der Waals surface area (Å²) in [6.07, 6.45) is 0. The van der Waals surface area contributed by atoms with Crippen molar-refractivity contribution in [3.63, 3.8) is 0 Å². The van der Waals surface area contributed by atoms with E-state index in [-0.39, 0.29) is 5.41 Å². The topological polar surface area (TPSA) is 0 Å². The quantitative estimate of drug-likeness (QED) is 0.285. The zero-order valence-electron chi connectivity index (χ0n) is 16.9. The highest BCUT2D eigenvalue weighted by molar-refractivity contribution is 6.20. The van der Waals surface area contributed by atoms with Gasteiger partial charge in [0.05, 0.1) is 0 Å². The van der Waals surface area contributed by atoms with Crippen LogP contribution in [0, 0.1) is 0 Å². The lowest BCUT2D eigenvalue weighted by molar-refractivity contribution is 0.643. The first kappa shape index (κ1) is 16.1. The van der Waals surface area contributed by atoms with Crippen LogP contribution in [0.15, 0.2) is 66.7 Å². The highest BCUT2D eigenvalue weighted by Crippen LogP contribution is 2.55. The molecule has 0 radical (unpaired) electrons. The van der Waals surface area contributed by atoms with Crippen LogP contribution in [0.2, 0.25) is 0 Å².